The Kier molecular flexibility index (Phi) is 3.62. The molecule has 1 fully saturated rings. The van der Waals surface area contributed by atoms with E-state index in [1.807, 2.05) is 0 Å². The third kappa shape index (κ3) is 2.32. The van der Waals surface area contributed by atoms with E-state index in [0.29, 0.717) is 11.3 Å². The fourth-order valence-electron chi connectivity index (χ4n) is 2.27. The first kappa shape index (κ1) is 15.0. The lowest BCUT2D eigenvalue weighted by Gasteiger charge is -2.42. The van der Waals surface area contributed by atoms with Crippen molar-refractivity contribution in [2.24, 2.45) is 0 Å². The Labute approximate surface area is 125 Å². The second-order valence-electron chi connectivity index (χ2n) is 5.52. The second-order valence-corrected chi connectivity index (χ2v) is 6.37. The molecule has 1 unspecified atom stereocenters. The van der Waals surface area contributed by atoms with E-state index in [1.165, 1.54) is 17.0 Å². The smallest absolute Gasteiger partial charge is 0.252 e. The molecule has 1 atom stereocenters. The van der Waals surface area contributed by atoms with Gasteiger partial charge in [0.2, 0.25) is 5.91 Å². The zero-order chi connectivity index (χ0) is 15.2. The zero-order valence-electron chi connectivity index (χ0n) is 11.8. The molecule has 0 radical (unpaired) electrons. The van der Waals surface area contributed by atoms with E-state index in [1.54, 1.807) is 27.7 Å². The van der Waals surface area contributed by atoms with Crippen molar-refractivity contribution < 1.29 is 14.0 Å². The van der Waals surface area contributed by atoms with Gasteiger partial charge in [0, 0.05) is 5.69 Å². The molecule has 1 saturated heterocycles. The molecule has 1 aliphatic heterocycles. The molecule has 108 valence electrons. The number of nitrogens with one attached hydrogen (secondary N) is 1. The molecule has 4 nitrogen and oxygen atoms in total. The summed E-state index contributed by atoms with van der Waals surface area (Å²) in [6, 6.07) is 2.25. The lowest BCUT2D eigenvalue weighted by atomic mass is 9.96. The third-order valence-electron chi connectivity index (χ3n) is 3.45. The summed E-state index contributed by atoms with van der Waals surface area (Å²) in [4.78, 5) is 26.0. The van der Waals surface area contributed by atoms with Gasteiger partial charge in [0.05, 0.1) is 4.47 Å². The van der Waals surface area contributed by atoms with Gasteiger partial charge in [-0.05, 0) is 61.3 Å². The molecule has 1 aromatic carbocycles. The van der Waals surface area contributed by atoms with Crippen molar-refractivity contribution in [1.29, 1.82) is 0 Å². The predicted octanol–water partition coefficient (Wildman–Crippen LogP) is 2.53. The summed E-state index contributed by atoms with van der Waals surface area (Å²) < 4.78 is 13.8. The van der Waals surface area contributed by atoms with Gasteiger partial charge in [-0.3, -0.25) is 14.5 Å². The Bertz CT molecular complexity index is 601. The number of carbonyl (C=O) groups is 2. The molecule has 6 heteroatoms. The van der Waals surface area contributed by atoms with E-state index in [4.69, 9.17) is 0 Å². The van der Waals surface area contributed by atoms with Crippen LogP contribution in [0.25, 0.3) is 0 Å². The van der Waals surface area contributed by atoms with Crippen LogP contribution in [0.3, 0.4) is 0 Å². The van der Waals surface area contributed by atoms with Crippen LogP contribution in [0, 0.1) is 12.7 Å². The van der Waals surface area contributed by atoms with Crippen LogP contribution in [-0.2, 0) is 9.59 Å². The van der Waals surface area contributed by atoms with Crippen LogP contribution in [0.5, 0.6) is 0 Å². The van der Waals surface area contributed by atoms with Crippen molar-refractivity contribution >= 4 is 33.4 Å². The number of anilines is 1. The molecular formula is C14H16BrFN2O2. The molecule has 1 aliphatic rings. The Morgan fingerprint density at radius 2 is 1.95 bits per heavy atom. The highest BCUT2D eigenvalue weighted by atomic mass is 79.9. The Hall–Kier alpha value is -1.43. The largest absolute Gasteiger partial charge is 0.340 e. The highest BCUT2D eigenvalue weighted by Gasteiger charge is 2.44. The van der Waals surface area contributed by atoms with Gasteiger partial charge in [0.1, 0.15) is 17.4 Å². The van der Waals surface area contributed by atoms with E-state index in [0.717, 1.165) is 0 Å². The van der Waals surface area contributed by atoms with Gasteiger partial charge in [0.25, 0.3) is 5.91 Å². The van der Waals surface area contributed by atoms with Crippen molar-refractivity contribution in [3.8, 4) is 0 Å². The van der Waals surface area contributed by atoms with Crippen LogP contribution in [-0.4, -0.2) is 23.4 Å². The molecule has 0 spiro atoms. The Balaban J connectivity index is 2.57. The van der Waals surface area contributed by atoms with Crippen LogP contribution in [0.2, 0.25) is 0 Å². The van der Waals surface area contributed by atoms with Gasteiger partial charge in [-0.15, -0.1) is 0 Å². The topological polar surface area (TPSA) is 49.4 Å². The lowest BCUT2D eigenvalue weighted by molar-refractivity contribution is -0.136. The summed E-state index contributed by atoms with van der Waals surface area (Å²) in [5.74, 6) is -0.840. The van der Waals surface area contributed by atoms with E-state index in [2.05, 4.69) is 21.2 Å². The minimum atomic E-state index is -0.975. The number of rotatable bonds is 1. The molecule has 0 saturated carbocycles. The van der Waals surface area contributed by atoms with Gasteiger partial charge in [-0.25, -0.2) is 4.39 Å². The molecule has 1 aromatic rings. The maximum atomic E-state index is 13.5. The van der Waals surface area contributed by atoms with E-state index >= 15 is 0 Å². The lowest BCUT2D eigenvalue weighted by Crippen LogP contribution is -2.67. The van der Waals surface area contributed by atoms with Gasteiger partial charge in [-0.1, -0.05) is 0 Å². The van der Waals surface area contributed by atoms with E-state index in [-0.39, 0.29) is 16.3 Å². The number of hydrogen-bond donors (Lipinski definition) is 1. The molecule has 0 bridgehead atoms. The van der Waals surface area contributed by atoms with Gasteiger partial charge in [0.15, 0.2) is 0 Å². The SMILES string of the molecule is Cc1cc(F)c(Br)cc1N1C(=O)C(C)(C)NC(=O)C1C. The molecule has 1 N–H and O–H groups in total. The minimum Gasteiger partial charge on any atom is -0.340 e. The first-order valence-electron chi connectivity index (χ1n) is 6.26. The standard InChI is InChI=1S/C14H16BrFN2O2/c1-7-5-10(16)9(15)6-11(7)18-8(2)12(19)17-14(3,4)13(18)20/h5-6,8H,1-4H3,(H,17,19). The number of amides is 2. The van der Waals surface area contributed by atoms with Crippen LogP contribution in [0.4, 0.5) is 10.1 Å². The second kappa shape index (κ2) is 4.84. The summed E-state index contributed by atoms with van der Waals surface area (Å²) in [7, 11) is 0. The zero-order valence-corrected chi connectivity index (χ0v) is 13.3. The van der Waals surface area contributed by atoms with E-state index in [9.17, 15) is 14.0 Å². The van der Waals surface area contributed by atoms with Crippen LogP contribution < -0.4 is 10.2 Å². The van der Waals surface area contributed by atoms with E-state index < -0.39 is 17.4 Å². The molecule has 0 aromatic heterocycles. The summed E-state index contributed by atoms with van der Waals surface area (Å²) in [5, 5.41) is 2.68. The first-order valence-corrected chi connectivity index (χ1v) is 7.06. The number of benzene rings is 1. The Morgan fingerprint density at radius 1 is 1.35 bits per heavy atom. The number of halogens is 2. The maximum absolute atomic E-state index is 13.5. The maximum Gasteiger partial charge on any atom is 0.252 e. The van der Waals surface area contributed by atoms with Gasteiger partial charge in [-0.2, -0.15) is 0 Å². The van der Waals surface area contributed by atoms with Crippen LogP contribution >= 0.6 is 15.9 Å². The van der Waals surface area contributed by atoms with Gasteiger partial charge >= 0.3 is 0 Å². The summed E-state index contributed by atoms with van der Waals surface area (Å²) in [6.07, 6.45) is 0. The minimum absolute atomic E-state index is 0.216. The Morgan fingerprint density at radius 3 is 2.55 bits per heavy atom. The fraction of sp³-hybridized carbons (Fsp3) is 0.429. The molecule has 2 rings (SSSR count). The highest BCUT2D eigenvalue weighted by Crippen LogP contribution is 2.32. The number of hydrogen-bond acceptors (Lipinski definition) is 2. The van der Waals surface area contributed by atoms with Gasteiger partial charge < -0.3 is 5.32 Å². The average Bonchev–Trinajstić information content (AvgIpc) is 2.33. The van der Waals surface area contributed by atoms with Crippen molar-refractivity contribution in [3.05, 3.63) is 28.0 Å². The summed E-state index contributed by atoms with van der Waals surface area (Å²) in [5.41, 5.74) is 0.173. The van der Waals surface area contributed by atoms with Crippen molar-refractivity contribution in [3.63, 3.8) is 0 Å². The fourth-order valence-corrected chi connectivity index (χ4v) is 2.60. The van der Waals surface area contributed by atoms with Crippen molar-refractivity contribution in [2.45, 2.75) is 39.3 Å². The first-order chi connectivity index (χ1) is 9.15. The summed E-state index contributed by atoms with van der Waals surface area (Å²) >= 11 is 3.12. The number of piperazine rings is 1. The molecule has 1 heterocycles. The highest BCUT2D eigenvalue weighted by molar-refractivity contribution is 9.10. The van der Waals surface area contributed by atoms with Crippen LogP contribution in [0.15, 0.2) is 16.6 Å². The number of aryl methyl sites for hydroxylation is 1. The quantitative estimate of drug-likeness (QED) is 0.852. The number of carbonyl (C=O) groups excluding carboxylic acids is 2. The van der Waals surface area contributed by atoms with Crippen molar-refractivity contribution in [2.75, 3.05) is 4.90 Å². The summed E-state index contributed by atoms with van der Waals surface area (Å²) in [6.45, 7) is 6.67. The number of nitrogens with zero attached hydrogens (tertiary/aromatic N) is 1. The van der Waals surface area contributed by atoms with Crippen molar-refractivity contribution in [1.82, 2.24) is 5.32 Å². The van der Waals surface area contributed by atoms with Crippen LogP contribution in [0.1, 0.15) is 26.3 Å². The monoisotopic (exact) mass is 342 g/mol. The third-order valence-corrected chi connectivity index (χ3v) is 4.06. The molecule has 0 aliphatic carbocycles. The molecule has 2 amide bonds. The predicted molar refractivity (Wildman–Crippen MR) is 78.0 cm³/mol. The molecular weight excluding hydrogens is 327 g/mol. The normalized spacial score (nSPS) is 21.9. The molecule has 20 heavy (non-hydrogen) atoms. The average molecular weight is 343 g/mol.